The molecule has 0 fully saturated rings. The van der Waals surface area contributed by atoms with E-state index in [-0.39, 0.29) is 24.0 Å². The SMILES string of the molecule is CC(=Cc1ccccc1)CN(C(CO)CC(C)C)S(=O)(=O)c1ccc(Cl)cc1. The van der Waals surface area contributed by atoms with Gasteiger partial charge in [0.2, 0.25) is 10.0 Å². The van der Waals surface area contributed by atoms with Crippen LogP contribution >= 0.6 is 11.6 Å². The Hall–Kier alpha value is -1.66. The summed E-state index contributed by atoms with van der Waals surface area (Å²) in [5, 5.41) is 10.4. The van der Waals surface area contributed by atoms with Gasteiger partial charge < -0.3 is 5.11 Å². The van der Waals surface area contributed by atoms with E-state index in [0.29, 0.717) is 11.4 Å². The number of hydrogen-bond donors (Lipinski definition) is 1. The molecule has 152 valence electrons. The van der Waals surface area contributed by atoms with E-state index in [1.165, 1.54) is 16.4 Å². The van der Waals surface area contributed by atoms with E-state index in [2.05, 4.69) is 0 Å². The van der Waals surface area contributed by atoms with Crippen molar-refractivity contribution in [3.05, 3.63) is 70.8 Å². The molecule has 1 atom stereocenters. The van der Waals surface area contributed by atoms with Crippen LogP contribution in [0.3, 0.4) is 0 Å². The number of hydrogen-bond acceptors (Lipinski definition) is 3. The average molecular weight is 422 g/mol. The van der Waals surface area contributed by atoms with Gasteiger partial charge in [-0.2, -0.15) is 4.31 Å². The van der Waals surface area contributed by atoms with Crippen molar-refractivity contribution in [2.45, 2.75) is 38.1 Å². The molecule has 2 rings (SSSR count). The van der Waals surface area contributed by atoms with Gasteiger partial charge in [-0.1, -0.05) is 67.4 Å². The van der Waals surface area contributed by atoms with Gasteiger partial charge in [-0.3, -0.25) is 0 Å². The molecule has 28 heavy (non-hydrogen) atoms. The van der Waals surface area contributed by atoms with Gasteiger partial charge >= 0.3 is 0 Å². The lowest BCUT2D eigenvalue weighted by Gasteiger charge is -2.31. The summed E-state index contributed by atoms with van der Waals surface area (Å²) in [5.41, 5.74) is 1.90. The fraction of sp³-hybridized carbons (Fsp3) is 0.364. The van der Waals surface area contributed by atoms with Crippen molar-refractivity contribution >= 4 is 27.7 Å². The second kappa shape index (κ2) is 10.2. The zero-order valence-corrected chi connectivity index (χ0v) is 18.1. The number of halogens is 1. The van der Waals surface area contributed by atoms with E-state index in [1.54, 1.807) is 12.1 Å². The minimum absolute atomic E-state index is 0.173. The summed E-state index contributed by atoms with van der Waals surface area (Å²) in [6, 6.07) is 15.4. The first kappa shape index (κ1) is 22.6. The summed E-state index contributed by atoms with van der Waals surface area (Å²) in [7, 11) is -3.79. The lowest BCUT2D eigenvalue weighted by atomic mass is 10.0. The van der Waals surface area contributed by atoms with Crippen molar-refractivity contribution < 1.29 is 13.5 Å². The van der Waals surface area contributed by atoms with Gasteiger partial charge in [0, 0.05) is 17.6 Å². The predicted molar refractivity (Wildman–Crippen MR) is 116 cm³/mol. The van der Waals surface area contributed by atoms with E-state index >= 15 is 0 Å². The second-order valence-corrected chi connectivity index (χ2v) is 9.70. The Balaban J connectivity index is 2.41. The Morgan fingerprint density at radius 2 is 1.71 bits per heavy atom. The molecule has 0 aromatic heterocycles. The number of sulfonamides is 1. The van der Waals surface area contributed by atoms with Crippen LogP contribution in [0.4, 0.5) is 0 Å². The lowest BCUT2D eigenvalue weighted by molar-refractivity contribution is 0.173. The zero-order valence-electron chi connectivity index (χ0n) is 16.5. The molecule has 0 saturated heterocycles. The topological polar surface area (TPSA) is 57.6 Å². The standard InChI is InChI=1S/C22H28ClNO3S/c1-17(2)13-21(16-25)24(15-18(3)14-19-7-5-4-6-8-19)28(26,27)22-11-9-20(23)10-12-22/h4-12,14,17,21,25H,13,15-16H2,1-3H3. The fourth-order valence-electron chi connectivity index (χ4n) is 3.10. The number of aliphatic hydroxyl groups excluding tert-OH is 1. The number of benzene rings is 2. The number of rotatable bonds is 9. The maximum atomic E-state index is 13.4. The van der Waals surface area contributed by atoms with E-state index in [9.17, 15) is 13.5 Å². The first-order chi connectivity index (χ1) is 13.2. The Labute approximate surface area is 173 Å². The van der Waals surface area contributed by atoms with Gasteiger partial charge in [0.25, 0.3) is 0 Å². The first-order valence-corrected chi connectivity index (χ1v) is 11.2. The summed E-state index contributed by atoms with van der Waals surface area (Å²) in [6.45, 7) is 5.91. The van der Waals surface area contributed by atoms with Crippen LogP contribution in [0.15, 0.2) is 65.1 Å². The fourth-order valence-corrected chi connectivity index (χ4v) is 4.90. The van der Waals surface area contributed by atoms with Gasteiger partial charge in [0.15, 0.2) is 0 Å². The van der Waals surface area contributed by atoms with Crippen LogP contribution in [-0.2, 0) is 10.0 Å². The van der Waals surface area contributed by atoms with Crippen LogP contribution in [0, 0.1) is 5.92 Å². The molecular formula is C22H28ClNO3S. The monoisotopic (exact) mass is 421 g/mol. The van der Waals surface area contributed by atoms with Crippen LogP contribution in [0.2, 0.25) is 5.02 Å². The molecular weight excluding hydrogens is 394 g/mol. The molecule has 0 saturated carbocycles. The van der Waals surface area contributed by atoms with Crippen molar-refractivity contribution in [1.82, 2.24) is 4.31 Å². The van der Waals surface area contributed by atoms with Crippen molar-refractivity contribution in [1.29, 1.82) is 0 Å². The Kier molecular flexibility index (Phi) is 8.25. The average Bonchev–Trinajstić information content (AvgIpc) is 2.65. The molecule has 6 heteroatoms. The molecule has 0 aliphatic carbocycles. The predicted octanol–water partition coefficient (Wildman–Crippen LogP) is 4.84. The quantitative estimate of drug-likeness (QED) is 0.630. The molecule has 2 aromatic rings. The van der Waals surface area contributed by atoms with Crippen molar-refractivity contribution in [3.63, 3.8) is 0 Å². The minimum Gasteiger partial charge on any atom is -0.395 e. The van der Waals surface area contributed by atoms with E-state index in [0.717, 1.165) is 11.1 Å². The van der Waals surface area contributed by atoms with Gasteiger partial charge in [-0.15, -0.1) is 0 Å². The van der Waals surface area contributed by atoms with Crippen LogP contribution in [0.5, 0.6) is 0 Å². The van der Waals surface area contributed by atoms with Gasteiger partial charge in [0.05, 0.1) is 11.5 Å². The number of aliphatic hydroxyl groups is 1. The second-order valence-electron chi connectivity index (χ2n) is 7.37. The third kappa shape index (κ3) is 6.17. The highest BCUT2D eigenvalue weighted by atomic mass is 35.5. The maximum absolute atomic E-state index is 13.4. The molecule has 1 unspecified atom stereocenters. The smallest absolute Gasteiger partial charge is 0.243 e. The van der Waals surface area contributed by atoms with Crippen molar-refractivity contribution in [3.8, 4) is 0 Å². The molecule has 0 heterocycles. The van der Waals surface area contributed by atoms with Crippen molar-refractivity contribution in [2.24, 2.45) is 5.92 Å². The summed E-state index contributed by atoms with van der Waals surface area (Å²) < 4.78 is 28.1. The van der Waals surface area contributed by atoms with Gasteiger partial charge in [-0.05, 0) is 49.1 Å². The van der Waals surface area contributed by atoms with Gasteiger partial charge in [0.1, 0.15) is 0 Å². The van der Waals surface area contributed by atoms with Crippen LogP contribution in [-0.4, -0.2) is 37.0 Å². The number of nitrogens with zero attached hydrogens (tertiary/aromatic N) is 1. The molecule has 0 amide bonds. The Morgan fingerprint density at radius 3 is 2.25 bits per heavy atom. The summed E-state index contributed by atoms with van der Waals surface area (Å²) in [4.78, 5) is 0.173. The summed E-state index contributed by atoms with van der Waals surface area (Å²) in [5.74, 6) is 0.249. The summed E-state index contributed by atoms with van der Waals surface area (Å²) in [6.07, 6.45) is 2.54. The summed E-state index contributed by atoms with van der Waals surface area (Å²) >= 11 is 5.92. The van der Waals surface area contributed by atoms with Crippen molar-refractivity contribution in [2.75, 3.05) is 13.2 Å². The molecule has 0 aliphatic rings. The first-order valence-electron chi connectivity index (χ1n) is 9.34. The molecule has 0 aliphatic heterocycles. The van der Waals surface area contributed by atoms with Crippen LogP contribution in [0.25, 0.3) is 6.08 Å². The van der Waals surface area contributed by atoms with Crippen LogP contribution < -0.4 is 0 Å². The molecule has 0 radical (unpaired) electrons. The van der Waals surface area contributed by atoms with Crippen LogP contribution in [0.1, 0.15) is 32.8 Å². The zero-order chi connectivity index (χ0) is 20.7. The highest BCUT2D eigenvalue weighted by Gasteiger charge is 2.31. The van der Waals surface area contributed by atoms with Gasteiger partial charge in [-0.25, -0.2) is 8.42 Å². The third-order valence-corrected chi connectivity index (χ3v) is 6.56. The highest BCUT2D eigenvalue weighted by molar-refractivity contribution is 7.89. The largest absolute Gasteiger partial charge is 0.395 e. The van der Waals surface area contributed by atoms with E-state index in [1.807, 2.05) is 57.2 Å². The molecule has 4 nitrogen and oxygen atoms in total. The van der Waals surface area contributed by atoms with E-state index < -0.39 is 16.1 Å². The lowest BCUT2D eigenvalue weighted by Crippen LogP contribution is -2.44. The highest BCUT2D eigenvalue weighted by Crippen LogP contribution is 2.25. The minimum atomic E-state index is -3.79. The molecule has 1 N–H and O–H groups in total. The molecule has 0 spiro atoms. The Morgan fingerprint density at radius 1 is 1.11 bits per heavy atom. The Bertz CT molecular complexity index is 878. The maximum Gasteiger partial charge on any atom is 0.243 e. The van der Waals surface area contributed by atoms with E-state index in [4.69, 9.17) is 11.6 Å². The normalized spacial score (nSPS) is 13.9. The third-order valence-electron chi connectivity index (χ3n) is 4.40. The molecule has 2 aromatic carbocycles. The molecule has 0 bridgehead atoms.